The fourth-order valence-electron chi connectivity index (χ4n) is 1.49. The highest BCUT2D eigenvalue weighted by Crippen LogP contribution is 2.01. The van der Waals surface area contributed by atoms with Crippen LogP contribution in [0.1, 0.15) is 11.5 Å². The maximum Gasteiger partial charge on any atom is 0.295 e. The van der Waals surface area contributed by atoms with Gasteiger partial charge in [-0.25, -0.2) is 0 Å². The first-order valence-electron chi connectivity index (χ1n) is 5.11. The topological polar surface area (TPSA) is 77.5 Å². The van der Waals surface area contributed by atoms with Crippen molar-refractivity contribution in [2.24, 2.45) is 0 Å². The second-order valence-corrected chi connectivity index (χ2v) is 4.64. The lowest BCUT2D eigenvalue weighted by Gasteiger charge is -1.89. The van der Waals surface area contributed by atoms with E-state index in [1.807, 2.05) is 0 Å². The third-order valence-electron chi connectivity index (χ3n) is 2.36. The maximum atomic E-state index is 12.0. The number of rotatable bonds is 1. The third kappa shape index (κ3) is 1.65. The van der Waals surface area contributed by atoms with Crippen LogP contribution < -0.4 is 15.7 Å². The molecule has 18 heavy (non-hydrogen) atoms. The number of furan rings is 1. The molecular weight excluding hydrogens is 254 g/mol. The molecule has 0 fully saturated rings. The summed E-state index contributed by atoms with van der Waals surface area (Å²) in [6.45, 7) is 1.52. The summed E-state index contributed by atoms with van der Waals surface area (Å²) in [5, 5.41) is 3.91. The summed E-state index contributed by atoms with van der Waals surface area (Å²) < 4.78 is 6.70. The van der Waals surface area contributed by atoms with E-state index in [-0.39, 0.29) is 16.2 Å². The van der Waals surface area contributed by atoms with E-state index in [4.69, 9.17) is 4.42 Å². The first-order chi connectivity index (χ1) is 8.65. The van der Waals surface area contributed by atoms with Gasteiger partial charge in [0.15, 0.2) is 0 Å². The predicted molar refractivity (Wildman–Crippen MR) is 65.6 cm³/mol. The van der Waals surface area contributed by atoms with E-state index in [9.17, 15) is 9.59 Å². The smallest absolute Gasteiger partial charge is 0.295 e. The van der Waals surface area contributed by atoms with Gasteiger partial charge in [-0.3, -0.25) is 9.59 Å². The normalized spacial score (nSPS) is 12.4. The van der Waals surface area contributed by atoms with Gasteiger partial charge < -0.3 is 4.42 Å². The minimum absolute atomic E-state index is 0.201. The second kappa shape index (κ2) is 3.88. The van der Waals surface area contributed by atoms with Crippen LogP contribution in [0.15, 0.2) is 32.4 Å². The molecule has 7 heteroatoms. The van der Waals surface area contributed by atoms with Crippen molar-refractivity contribution in [3.8, 4) is 0 Å². The number of aromatic nitrogens is 3. The van der Waals surface area contributed by atoms with E-state index in [1.54, 1.807) is 18.2 Å². The molecule has 3 heterocycles. The van der Waals surface area contributed by atoms with Gasteiger partial charge in [-0.15, -0.1) is 0 Å². The maximum absolute atomic E-state index is 12.0. The van der Waals surface area contributed by atoms with E-state index in [0.717, 1.165) is 15.9 Å². The summed E-state index contributed by atoms with van der Waals surface area (Å²) in [7, 11) is 0. The monoisotopic (exact) mass is 261 g/mol. The summed E-state index contributed by atoms with van der Waals surface area (Å²) in [5.41, 5.74) is -0.519. The summed E-state index contributed by atoms with van der Waals surface area (Å²) in [4.78, 5) is 27.5. The highest BCUT2D eigenvalue weighted by molar-refractivity contribution is 7.15. The minimum atomic E-state index is -0.416. The molecule has 0 saturated heterocycles. The van der Waals surface area contributed by atoms with Crippen molar-refractivity contribution < 1.29 is 4.42 Å². The molecule has 0 aliphatic carbocycles. The summed E-state index contributed by atoms with van der Waals surface area (Å²) in [5.74, 6) is 0.568. The molecule has 6 nitrogen and oxygen atoms in total. The van der Waals surface area contributed by atoms with Crippen LogP contribution in [0.3, 0.4) is 0 Å². The van der Waals surface area contributed by atoms with Gasteiger partial charge in [0.25, 0.3) is 11.1 Å². The van der Waals surface area contributed by atoms with Crippen LogP contribution in [0.5, 0.6) is 0 Å². The molecule has 0 aliphatic rings. The van der Waals surface area contributed by atoms with Crippen LogP contribution in [0.4, 0.5) is 0 Å². The largest absolute Gasteiger partial charge is 0.465 e. The number of nitrogens with zero attached hydrogens (tertiary/aromatic N) is 3. The van der Waals surface area contributed by atoms with Crippen LogP contribution in [-0.4, -0.2) is 14.6 Å². The molecule has 3 aromatic heterocycles. The van der Waals surface area contributed by atoms with Crippen molar-refractivity contribution in [3.63, 3.8) is 0 Å². The van der Waals surface area contributed by atoms with Crippen molar-refractivity contribution in [3.05, 3.63) is 55.1 Å². The van der Waals surface area contributed by atoms with Gasteiger partial charge in [0.05, 0.1) is 6.26 Å². The second-order valence-electron chi connectivity index (χ2n) is 3.63. The fourth-order valence-corrected chi connectivity index (χ4v) is 2.37. The summed E-state index contributed by atoms with van der Waals surface area (Å²) >= 11 is 1.11. The van der Waals surface area contributed by atoms with Crippen molar-refractivity contribution in [1.29, 1.82) is 0 Å². The van der Waals surface area contributed by atoms with Gasteiger partial charge in [-0.1, -0.05) is 11.3 Å². The molecule has 0 saturated carbocycles. The Bertz CT molecular complexity index is 877. The molecule has 0 unspecified atom stereocenters. The number of hydrogen-bond donors (Lipinski definition) is 0. The molecule has 0 amide bonds. The molecule has 90 valence electrons. The quantitative estimate of drug-likeness (QED) is 0.614. The Morgan fingerprint density at radius 3 is 3.00 bits per heavy atom. The average molecular weight is 261 g/mol. The highest BCUT2D eigenvalue weighted by atomic mass is 32.1. The molecule has 3 rings (SSSR count). The minimum Gasteiger partial charge on any atom is -0.465 e. The Kier molecular flexibility index (Phi) is 2.34. The van der Waals surface area contributed by atoms with E-state index < -0.39 is 5.56 Å². The predicted octanol–water partition coefficient (Wildman–Crippen LogP) is -0.0397. The molecule has 0 N–H and O–H groups in total. The molecule has 0 bridgehead atoms. The molecular formula is C11H7N3O3S. The number of thiazole rings is 1. The molecule has 0 aliphatic heterocycles. The van der Waals surface area contributed by atoms with Crippen molar-refractivity contribution in [2.75, 3.05) is 0 Å². The third-order valence-corrected chi connectivity index (χ3v) is 3.32. The van der Waals surface area contributed by atoms with Crippen LogP contribution in [-0.2, 0) is 0 Å². The number of hydrogen-bond acceptors (Lipinski definition) is 6. The van der Waals surface area contributed by atoms with Crippen LogP contribution in [0.25, 0.3) is 11.0 Å². The first kappa shape index (κ1) is 10.8. The number of aryl methyl sites for hydroxylation is 1. The van der Waals surface area contributed by atoms with Crippen molar-refractivity contribution in [1.82, 2.24) is 14.6 Å². The Morgan fingerprint density at radius 2 is 2.28 bits per heavy atom. The van der Waals surface area contributed by atoms with Gasteiger partial charge in [0, 0.05) is 6.08 Å². The summed E-state index contributed by atoms with van der Waals surface area (Å²) in [6, 6.07) is 3.47. The van der Waals surface area contributed by atoms with Crippen molar-refractivity contribution >= 4 is 22.4 Å². The molecule has 0 radical (unpaired) electrons. The average Bonchev–Trinajstić information content (AvgIpc) is 2.93. The van der Waals surface area contributed by atoms with Gasteiger partial charge >= 0.3 is 0 Å². The van der Waals surface area contributed by atoms with E-state index in [0.29, 0.717) is 10.3 Å². The summed E-state index contributed by atoms with van der Waals surface area (Å²) in [6.07, 6.45) is 3.12. The highest BCUT2D eigenvalue weighted by Gasteiger charge is 2.08. The van der Waals surface area contributed by atoms with E-state index in [2.05, 4.69) is 10.1 Å². The van der Waals surface area contributed by atoms with Gasteiger partial charge in [0.2, 0.25) is 4.96 Å². The zero-order valence-corrected chi connectivity index (χ0v) is 10.1. The number of fused-ring (bicyclic) bond motifs is 1. The van der Waals surface area contributed by atoms with Gasteiger partial charge in [-0.2, -0.15) is 14.6 Å². The molecule has 0 aromatic carbocycles. The molecule has 0 spiro atoms. The lowest BCUT2D eigenvalue weighted by atomic mass is 10.4. The van der Waals surface area contributed by atoms with Gasteiger partial charge in [-0.05, 0) is 19.1 Å². The van der Waals surface area contributed by atoms with Crippen LogP contribution in [0.2, 0.25) is 0 Å². The standard InChI is InChI=1S/C11H7N3O3S/c1-6-9(15)12-11-14(13-6)10(16)8(18-11)5-7-3-2-4-17-7/h2-5H,1H3. The lowest BCUT2D eigenvalue weighted by molar-refractivity contribution is 0.556. The van der Waals surface area contributed by atoms with Gasteiger partial charge in [0.1, 0.15) is 16.0 Å². The Hall–Kier alpha value is -2.28. The Balaban J connectivity index is 2.37. The molecule has 3 aromatic rings. The Labute approximate surface area is 104 Å². The fraction of sp³-hybridized carbons (Fsp3) is 0.0909. The van der Waals surface area contributed by atoms with Crippen LogP contribution in [0, 0.1) is 6.92 Å². The zero-order chi connectivity index (χ0) is 12.7. The van der Waals surface area contributed by atoms with Crippen molar-refractivity contribution in [2.45, 2.75) is 6.92 Å². The SMILES string of the molecule is Cc1nn2c(=O)c(=Cc3ccco3)sc2nc1=O. The first-order valence-corrected chi connectivity index (χ1v) is 5.92. The van der Waals surface area contributed by atoms with Crippen LogP contribution >= 0.6 is 11.3 Å². The molecule has 0 atom stereocenters. The lowest BCUT2D eigenvalue weighted by Crippen LogP contribution is -2.26. The van der Waals surface area contributed by atoms with E-state index in [1.165, 1.54) is 13.2 Å². The van der Waals surface area contributed by atoms with E-state index >= 15 is 0 Å². The zero-order valence-electron chi connectivity index (χ0n) is 9.28. The Morgan fingerprint density at radius 1 is 1.44 bits per heavy atom.